The third-order valence-electron chi connectivity index (χ3n) is 11.1. The Bertz CT molecular complexity index is 1820. The second-order valence-electron chi connectivity index (χ2n) is 15.4. The molecule has 0 spiro atoms. The number of nitrogens with one attached hydrogen (secondary N) is 2. The highest BCUT2D eigenvalue weighted by atomic mass is 32.2. The third kappa shape index (κ3) is 8.31. The molecule has 16 nitrogen and oxygen atoms in total. The SMILES string of the molecule is CC(C)(O)c1cnnn1[C@H]1C[C@@H](C(=O)NC2(C(=O)C(N)=O)CCOCC2)N(C(=O)C(CC2CCCCC2)NC(=O)c2ccc(S(=O)(=O)C3CC3)cc2)C1. The van der Waals surface area contributed by atoms with E-state index < -0.39 is 73.8 Å². The largest absolute Gasteiger partial charge is 0.384 e. The first-order valence-corrected chi connectivity index (χ1v) is 20.0. The van der Waals surface area contributed by atoms with Crippen LogP contribution in [0.2, 0.25) is 0 Å². The molecule has 53 heavy (non-hydrogen) atoms. The molecule has 288 valence electrons. The quantitative estimate of drug-likeness (QED) is 0.211. The van der Waals surface area contributed by atoms with E-state index in [1.165, 1.54) is 40.0 Å². The number of rotatable bonds is 13. The number of benzene rings is 1. The first-order valence-electron chi connectivity index (χ1n) is 18.4. The molecule has 4 fully saturated rings. The van der Waals surface area contributed by atoms with Crippen molar-refractivity contribution in [3.8, 4) is 0 Å². The Hall–Kier alpha value is -4.22. The molecule has 4 amide bonds. The molecule has 3 heterocycles. The number of ether oxygens (including phenoxy) is 1. The van der Waals surface area contributed by atoms with E-state index in [1.54, 1.807) is 13.8 Å². The van der Waals surface area contributed by atoms with Gasteiger partial charge in [0.15, 0.2) is 9.84 Å². The van der Waals surface area contributed by atoms with Gasteiger partial charge in [-0.3, -0.25) is 24.0 Å². The number of nitrogens with zero attached hydrogens (tertiary/aromatic N) is 4. The van der Waals surface area contributed by atoms with Crippen LogP contribution in [-0.2, 0) is 39.4 Å². The summed E-state index contributed by atoms with van der Waals surface area (Å²) >= 11 is 0. The zero-order chi connectivity index (χ0) is 38.1. The van der Waals surface area contributed by atoms with E-state index >= 15 is 0 Å². The van der Waals surface area contributed by atoms with E-state index in [4.69, 9.17) is 10.5 Å². The fourth-order valence-electron chi connectivity index (χ4n) is 7.90. The molecule has 1 aromatic heterocycles. The number of primary amides is 1. The highest BCUT2D eigenvalue weighted by Gasteiger charge is 2.49. The summed E-state index contributed by atoms with van der Waals surface area (Å²) in [6, 6.07) is 2.84. The van der Waals surface area contributed by atoms with Gasteiger partial charge in [0, 0.05) is 44.6 Å². The van der Waals surface area contributed by atoms with Gasteiger partial charge in [0.2, 0.25) is 17.6 Å². The number of hydrogen-bond donors (Lipinski definition) is 4. The average molecular weight is 756 g/mol. The normalized spacial score (nSPS) is 22.9. The topological polar surface area (TPSA) is 233 Å². The van der Waals surface area contributed by atoms with Crippen LogP contribution >= 0.6 is 0 Å². The van der Waals surface area contributed by atoms with Gasteiger partial charge < -0.3 is 31.1 Å². The molecule has 0 radical (unpaired) electrons. The molecular formula is C36H49N7O9S. The fourth-order valence-corrected chi connectivity index (χ4v) is 9.56. The number of sulfone groups is 1. The Morgan fingerprint density at radius 2 is 1.70 bits per heavy atom. The molecular weight excluding hydrogens is 707 g/mol. The van der Waals surface area contributed by atoms with Crippen LogP contribution in [0.25, 0.3) is 0 Å². The first kappa shape index (κ1) is 38.5. The van der Waals surface area contributed by atoms with Crippen LogP contribution in [0.5, 0.6) is 0 Å². The van der Waals surface area contributed by atoms with Crippen LogP contribution in [-0.4, -0.2) is 105 Å². The Morgan fingerprint density at radius 3 is 2.30 bits per heavy atom. The summed E-state index contributed by atoms with van der Waals surface area (Å²) in [5.41, 5.74) is 2.98. The molecule has 1 unspecified atom stereocenters. The summed E-state index contributed by atoms with van der Waals surface area (Å²) in [4.78, 5) is 69.6. The van der Waals surface area contributed by atoms with Crippen molar-refractivity contribution in [1.82, 2.24) is 30.5 Å². The number of Topliss-reactive ketones (excluding diaryl/α,β-unsaturated/α-hetero) is 1. The molecule has 2 saturated carbocycles. The maximum atomic E-state index is 14.8. The van der Waals surface area contributed by atoms with E-state index in [-0.39, 0.29) is 55.4 Å². The first-order chi connectivity index (χ1) is 25.1. The van der Waals surface area contributed by atoms with Gasteiger partial charge in [0.25, 0.3) is 11.8 Å². The van der Waals surface area contributed by atoms with Crippen molar-refractivity contribution < 1.29 is 42.2 Å². The molecule has 2 aromatic rings. The van der Waals surface area contributed by atoms with Crippen molar-refractivity contribution in [3.05, 3.63) is 41.7 Å². The summed E-state index contributed by atoms with van der Waals surface area (Å²) in [6.45, 7) is 3.31. The molecule has 3 atom stereocenters. The summed E-state index contributed by atoms with van der Waals surface area (Å²) < 4.78 is 32.4. The van der Waals surface area contributed by atoms with Gasteiger partial charge in [-0.1, -0.05) is 37.3 Å². The molecule has 2 saturated heterocycles. The predicted octanol–water partition coefficient (Wildman–Crippen LogP) is 1.07. The minimum Gasteiger partial charge on any atom is -0.384 e. The standard InChI is InChI=1S/C36H49N7O9S/c1-35(2,49)29-20-38-41-43(29)24-19-28(33(47)40-36(30(44)31(37)45)14-16-52-17-15-36)42(21-24)34(48)27(18-22-6-4-3-5-7-22)39-32(46)23-8-10-25(11-9-23)53(50,51)26-12-13-26/h8-11,20,22,24,26-28,49H,3-7,12-19,21H2,1-2H3,(H2,37,45)(H,39,46)(H,40,47)/t24-,27?,28-/m0/s1. The monoisotopic (exact) mass is 755 g/mol. The van der Waals surface area contributed by atoms with Crippen molar-refractivity contribution in [2.24, 2.45) is 11.7 Å². The summed E-state index contributed by atoms with van der Waals surface area (Å²) in [7, 11) is -3.46. The maximum absolute atomic E-state index is 14.8. The van der Waals surface area contributed by atoms with Gasteiger partial charge in [-0.05, 0) is 63.3 Å². The lowest BCUT2D eigenvalue weighted by molar-refractivity contribution is -0.147. The van der Waals surface area contributed by atoms with E-state index in [2.05, 4.69) is 20.9 Å². The summed E-state index contributed by atoms with van der Waals surface area (Å²) in [6.07, 6.45) is 7.78. The number of likely N-dealkylation sites (tertiary alicyclic amines) is 1. The van der Waals surface area contributed by atoms with E-state index in [0.29, 0.717) is 25.0 Å². The average Bonchev–Trinajstić information content (AvgIpc) is 3.71. The minimum absolute atomic E-state index is 0.0116. The number of hydrogen-bond acceptors (Lipinski definition) is 11. The summed E-state index contributed by atoms with van der Waals surface area (Å²) in [5.74, 6) is -3.80. The molecule has 1 aromatic carbocycles. The zero-order valence-electron chi connectivity index (χ0n) is 30.2. The van der Waals surface area contributed by atoms with Crippen LogP contribution in [0.1, 0.15) is 107 Å². The van der Waals surface area contributed by atoms with Crippen molar-refractivity contribution in [1.29, 1.82) is 0 Å². The van der Waals surface area contributed by atoms with E-state index in [9.17, 15) is 37.5 Å². The second kappa shape index (κ2) is 15.3. The summed E-state index contributed by atoms with van der Waals surface area (Å²) in [5, 5.41) is 24.3. The lowest BCUT2D eigenvalue weighted by Gasteiger charge is -2.37. The Morgan fingerprint density at radius 1 is 1.04 bits per heavy atom. The lowest BCUT2D eigenvalue weighted by Crippen LogP contribution is -2.64. The lowest BCUT2D eigenvalue weighted by atomic mass is 9.84. The van der Waals surface area contributed by atoms with E-state index in [0.717, 1.165) is 32.1 Å². The molecule has 6 rings (SSSR count). The van der Waals surface area contributed by atoms with Crippen molar-refractivity contribution in [3.63, 3.8) is 0 Å². The number of aromatic nitrogens is 3. The number of carbonyl (C=O) groups is 5. The Balaban J connectivity index is 1.31. The minimum atomic E-state index is -3.46. The van der Waals surface area contributed by atoms with Crippen molar-refractivity contribution in [2.75, 3.05) is 19.8 Å². The van der Waals surface area contributed by atoms with Gasteiger partial charge in [0.1, 0.15) is 23.2 Å². The highest BCUT2D eigenvalue weighted by molar-refractivity contribution is 7.92. The smallest absolute Gasteiger partial charge is 0.287 e. The van der Waals surface area contributed by atoms with Gasteiger partial charge in [-0.2, -0.15) is 0 Å². The molecule has 2 aliphatic carbocycles. The predicted molar refractivity (Wildman–Crippen MR) is 189 cm³/mol. The van der Waals surface area contributed by atoms with Crippen LogP contribution < -0.4 is 16.4 Å². The van der Waals surface area contributed by atoms with Crippen LogP contribution in [0, 0.1) is 5.92 Å². The van der Waals surface area contributed by atoms with Gasteiger partial charge in [0.05, 0.1) is 28.1 Å². The second-order valence-corrected chi connectivity index (χ2v) is 17.7. The molecule has 5 N–H and O–H groups in total. The maximum Gasteiger partial charge on any atom is 0.287 e. The number of aliphatic hydroxyl groups is 1. The van der Waals surface area contributed by atoms with Crippen molar-refractivity contribution >= 4 is 39.2 Å². The van der Waals surface area contributed by atoms with Crippen LogP contribution in [0.3, 0.4) is 0 Å². The third-order valence-corrected chi connectivity index (χ3v) is 13.4. The van der Waals surface area contributed by atoms with Gasteiger partial charge in [-0.15, -0.1) is 5.10 Å². The van der Waals surface area contributed by atoms with Gasteiger partial charge in [-0.25, -0.2) is 13.1 Å². The van der Waals surface area contributed by atoms with Crippen molar-refractivity contribution in [2.45, 2.75) is 124 Å². The van der Waals surface area contributed by atoms with Crippen LogP contribution in [0.15, 0.2) is 35.4 Å². The molecule has 4 aliphatic rings. The molecule has 2 aliphatic heterocycles. The molecule has 17 heteroatoms. The number of nitrogens with two attached hydrogens (primary N) is 1. The number of carbonyl (C=O) groups excluding carboxylic acids is 5. The molecule has 0 bridgehead atoms. The number of amides is 4. The van der Waals surface area contributed by atoms with Crippen LogP contribution in [0.4, 0.5) is 0 Å². The van der Waals surface area contributed by atoms with Gasteiger partial charge >= 0.3 is 0 Å². The highest BCUT2D eigenvalue weighted by Crippen LogP contribution is 2.35. The fraction of sp³-hybridized carbons (Fsp3) is 0.639. The van der Waals surface area contributed by atoms with E-state index in [1.807, 2.05) is 0 Å². The Labute approximate surface area is 308 Å². The zero-order valence-corrected chi connectivity index (χ0v) is 31.0. The number of ketones is 1. The Kier molecular flexibility index (Phi) is 11.1.